The van der Waals surface area contributed by atoms with Gasteiger partial charge >= 0.3 is 0 Å². The first-order valence-corrected chi connectivity index (χ1v) is 14.4. The Hall–Kier alpha value is -4.97. The molecule has 5 rings (SSSR count). The van der Waals surface area contributed by atoms with Gasteiger partial charge in [0.25, 0.3) is 0 Å². The van der Waals surface area contributed by atoms with E-state index >= 15 is 0 Å². The van der Waals surface area contributed by atoms with Crippen LogP contribution in [0.4, 0.5) is 34.5 Å². The highest BCUT2D eigenvalue weighted by molar-refractivity contribution is 6.02. The number of carbonyl (C=O) groups is 1. The van der Waals surface area contributed by atoms with Crippen molar-refractivity contribution in [3.63, 3.8) is 0 Å². The molecule has 1 aromatic carbocycles. The molecule has 0 radical (unpaired) electrons. The molecule has 0 saturated carbocycles. The molecule has 0 saturated heterocycles. The number of rotatable bonds is 11. The molecule has 2 N–H and O–H groups in total. The minimum atomic E-state index is -0.308. The molecule has 1 aliphatic heterocycles. The van der Waals surface area contributed by atoms with Gasteiger partial charge in [0.05, 0.1) is 41.2 Å². The van der Waals surface area contributed by atoms with Crippen LogP contribution in [0.15, 0.2) is 61.7 Å². The first-order valence-electron chi connectivity index (χ1n) is 14.4. The zero-order valence-corrected chi connectivity index (χ0v) is 26.4. The maximum atomic E-state index is 12.3. The van der Waals surface area contributed by atoms with Gasteiger partial charge in [0.2, 0.25) is 11.9 Å². The van der Waals surface area contributed by atoms with Crippen molar-refractivity contribution >= 4 is 40.4 Å². The Bertz CT molecular complexity index is 1680. The lowest BCUT2D eigenvalue weighted by molar-refractivity contribution is -0.111. The van der Waals surface area contributed by atoms with Crippen LogP contribution >= 0.6 is 0 Å². The number of hydrogen-bond donors (Lipinski definition) is 2. The van der Waals surface area contributed by atoms with Crippen LogP contribution < -0.4 is 25.2 Å². The van der Waals surface area contributed by atoms with Gasteiger partial charge in [-0.1, -0.05) is 20.4 Å². The SMILES string of the molecule is C=CC(=O)Nc1cc(Nc2nccc(N3CC(C)(C)c4nc(-n5cnc(C)c5)ccc43)n2)c(OC)cc1N(C)CCN(C)C. The third-order valence-electron chi connectivity index (χ3n) is 7.54. The van der Waals surface area contributed by atoms with Crippen molar-refractivity contribution in [2.75, 3.05) is 68.3 Å². The summed E-state index contributed by atoms with van der Waals surface area (Å²) >= 11 is 0. The third kappa shape index (κ3) is 6.35. The van der Waals surface area contributed by atoms with Crippen molar-refractivity contribution in [2.45, 2.75) is 26.2 Å². The second-order valence-corrected chi connectivity index (χ2v) is 11.8. The predicted molar refractivity (Wildman–Crippen MR) is 175 cm³/mol. The van der Waals surface area contributed by atoms with Gasteiger partial charge < -0.3 is 30.1 Å². The number of nitrogens with zero attached hydrogens (tertiary/aromatic N) is 8. The first-order chi connectivity index (χ1) is 21.0. The van der Waals surface area contributed by atoms with Crippen molar-refractivity contribution in [1.82, 2.24) is 29.4 Å². The van der Waals surface area contributed by atoms with Gasteiger partial charge in [-0.05, 0) is 51.4 Å². The van der Waals surface area contributed by atoms with E-state index in [9.17, 15) is 4.79 Å². The van der Waals surface area contributed by atoms with Gasteiger partial charge in [-0.2, -0.15) is 4.98 Å². The monoisotopic (exact) mass is 596 g/mol. The molecule has 0 spiro atoms. The summed E-state index contributed by atoms with van der Waals surface area (Å²) in [6, 6.07) is 9.69. The average molecular weight is 597 g/mol. The zero-order valence-electron chi connectivity index (χ0n) is 26.4. The van der Waals surface area contributed by atoms with Crippen LogP contribution in [0.1, 0.15) is 25.2 Å². The van der Waals surface area contributed by atoms with Gasteiger partial charge in [-0.3, -0.25) is 9.36 Å². The quantitative estimate of drug-likeness (QED) is 0.237. The largest absolute Gasteiger partial charge is 0.494 e. The van der Waals surface area contributed by atoms with E-state index in [2.05, 4.69) is 61.8 Å². The van der Waals surface area contributed by atoms with Gasteiger partial charge in [0.15, 0.2) is 0 Å². The molecule has 12 heteroatoms. The standard InChI is InChI=1S/C32H40N10O2/c1-9-29(43)35-22-16-23(26(44-8)17-25(22)40(7)15-14-39(5)6)36-31-33-13-12-28(38-31)42-19-32(3,4)30-24(42)10-11-27(37-30)41-18-21(2)34-20-41/h9-13,16-18,20H,1,14-15,19H2,2-8H3,(H,35,43)(H,33,36,38). The number of carbonyl (C=O) groups excluding carboxylic acids is 1. The highest BCUT2D eigenvalue weighted by atomic mass is 16.5. The number of nitrogens with one attached hydrogen (secondary N) is 2. The Morgan fingerprint density at radius 2 is 1.89 bits per heavy atom. The summed E-state index contributed by atoms with van der Waals surface area (Å²) in [7, 11) is 7.63. The molecule has 0 unspecified atom stereocenters. The van der Waals surface area contributed by atoms with Crippen molar-refractivity contribution in [1.29, 1.82) is 0 Å². The lowest BCUT2D eigenvalue weighted by Crippen LogP contribution is -2.29. The molecule has 44 heavy (non-hydrogen) atoms. The number of anilines is 6. The fourth-order valence-corrected chi connectivity index (χ4v) is 5.19. The molecule has 3 aromatic heterocycles. The summed E-state index contributed by atoms with van der Waals surface area (Å²) in [4.78, 5) is 37.4. The second-order valence-electron chi connectivity index (χ2n) is 11.8. The molecular weight excluding hydrogens is 556 g/mol. The molecule has 0 fully saturated rings. The van der Waals surface area contributed by atoms with Crippen LogP contribution in [0.2, 0.25) is 0 Å². The number of imidazole rings is 1. The van der Waals surface area contributed by atoms with Gasteiger partial charge in [0.1, 0.15) is 23.7 Å². The first kappa shape index (κ1) is 30.5. The Morgan fingerprint density at radius 1 is 1.09 bits per heavy atom. The number of amides is 1. The molecule has 12 nitrogen and oxygen atoms in total. The molecule has 0 aliphatic carbocycles. The van der Waals surface area contributed by atoms with Crippen LogP contribution in [0.3, 0.4) is 0 Å². The summed E-state index contributed by atoms with van der Waals surface area (Å²) in [5.74, 6) is 2.23. The molecule has 4 aromatic rings. The Balaban J connectivity index is 1.46. The Kier molecular flexibility index (Phi) is 8.54. The predicted octanol–water partition coefficient (Wildman–Crippen LogP) is 4.67. The highest BCUT2D eigenvalue weighted by Gasteiger charge is 2.38. The number of hydrogen-bond acceptors (Lipinski definition) is 10. The summed E-state index contributed by atoms with van der Waals surface area (Å²) < 4.78 is 7.70. The van der Waals surface area contributed by atoms with Crippen molar-refractivity contribution in [3.8, 4) is 11.6 Å². The molecule has 0 bridgehead atoms. The number of fused-ring (bicyclic) bond motifs is 1. The maximum absolute atomic E-state index is 12.3. The number of methoxy groups -OCH3 is 1. The van der Waals surface area contributed by atoms with E-state index in [-0.39, 0.29) is 11.3 Å². The van der Waals surface area contributed by atoms with Crippen LogP contribution in [0.25, 0.3) is 5.82 Å². The van der Waals surface area contributed by atoms with Crippen LogP contribution in [0, 0.1) is 6.92 Å². The fraction of sp³-hybridized carbons (Fsp3) is 0.344. The minimum absolute atomic E-state index is 0.213. The van der Waals surface area contributed by atoms with Crippen molar-refractivity contribution in [2.24, 2.45) is 0 Å². The number of benzene rings is 1. The van der Waals surface area contributed by atoms with E-state index in [0.717, 1.165) is 47.5 Å². The fourth-order valence-electron chi connectivity index (χ4n) is 5.19. The third-order valence-corrected chi connectivity index (χ3v) is 7.54. The Labute approximate surface area is 258 Å². The summed E-state index contributed by atoms with van der Waals surface area (Å²) in [5, 5.41) is 6.24. The van der Waals surface area contributed by atoms with E-state index < -0.39 is 0 Å². The molecule has 1 amide bonds. The second kappa shape index (κ2) is 12.3. The van der Waals surface area contributed by atoms with Crippen molar-refractivity contribution < 1.29 is 9.53 Å². The topological polar surface area (TPSA) is 117 Å². The van der Waals surface area contributed by atoms with Crippen LogP contribution in [-0.4, -0.2) is 83.2 Å². The van der Waals surface area contributed by atoms with E-state index in [1.165, 1.54) is 6.08 Å². The molecule has 0 atom stereocenters. The molecule has 1 aliphatic rings. The van der Waals surface area contributed by atoms with Gasteiger partial charge in [0, 0.05) is 50.6 Å². The lowest BCUT2D eigenvalue weighted by Gasteiger charge is -2.26. The van der Waals surface area contributed by atoms with Gasteiger partial charge in [-0.25, -0.2) is 15.0 Å². The summed E-state index contributed by atoms with van der Waals surface area (Å²) in [6.45, 7) is 12.2. The summed E-state index contributed by atoms with van der Waals surface area (Å²) in [6.07, 6.45) is 6.72. The molecular formula is C32H40N10O2. The number of likely N-dealkylation sites (N-methyl/N-ethyl adjacent to an activating group) is 2. The number of pyridine rings is 1. The maximum Gasteiger partial charge on any atom is 0.247 e. The van der Waals surface area contributed by atoms with E-state index in [4.69, 9.17) is 14.7 Å². The summed E-state index contributed by atoms with van der Waals surface area (Å²) in [5.41, 5.74) is 4.75. The smallest absolute Gasteiger partial charge is 0.247 e. The van der Waals surface area contributed by atoms with E-state index in [1.807, 2.05) is 63.1 Å². The van der Waals surface area contributed by atoms with Gasteiger partial charge in [-0.15, -0.1) is 0 Å². The molecule has 4 heterocycles. The zero-order chi connectivity index (χ0) is 31.6. The number of aromatic nitrogens is 5. The number of ether oxygens (including phenoxy) is 1. The molecule has 230 valence electrons. The average Bonchev–Trinajstić information content (AvgIpc) is 3.55. The van der Waals surface area contributed by atoms with Crippen LogP contribution in [-0.2, 0) is 10.2 Å². The number of aryl methyl sites for hydroxylation is 1. The van der Waals surface area contributed by atoms with E-state index in [0.29, 0.717) is 29.6 Å². The Morgan fingerprint density at radius 3 is 2.57 bits per heavy atom. The van der Waals surface area contributed by atoms with Crippen molar-refractivity contribution in [3.05, 3.63) is 73.1 Å². The highest BCUT2D eigenvalue weighted by Crippen LogP contribution is 2.43. The lowest BCUT2D eigenvalue weighted by atomic mass is 9.91. The van der Waals surface area contributed by atoms with Crippen LogP contribution in [0.5, 0.6) is 5.75 Å². The van der Waals surface area contributed by atoms with E-state index in [1.54, 1.807) is 19.6 Å². The normalized spacial score (nSPS) is 13.5. The minimum Gasteiger partial charge on any atom is -0.494 e.